The Labute approximate surface area is 168 Å². The molecule has 0 unspecified atom stereocenters. The first-order chi connectivity index (χ1) is 11.6. The Kier molecular flexibility index (Phi) is 9.52. The second-order valence-corrected chi connectivity index (χ2v) is 6.27. The Bertz CT molecular complexity index is 666. The van der Waals surface area contributed by atoms with Crippen LogP contribution < -0.4 is 10.6 Å². The zero-order valence-electron chi connectivity index (χ0n) is 15.5. The molecule has 0 aliphatic rings. The number of guanidine groups is 1. The van der Waals surface area contributed by atoms with E-state index in [1.807, 2.05) is 0 Å². The SMILES string of the molecule is CN=C(NCc1ccc(C)cc1)NCc1ccccc1CN(C)C.I. The van der Waals surface area contributed by atoms with E-state index in [4.69, 9.17) is 0 Å². The molecule has 0 saturated heterocycles. The number of benzene rings is 2. The van der Waals surface area contributed by atoms with Crippen LogP contribution in [0, 0.1) is 6.92 Å². The van der Waals surface area contributed by atoms with Crippen LogP contribution in [0.25, 0.3) is 0 Å². The van der Waals surface area contributed by atoms with Crippen molar-refractivity contribution in [3.05, 3.63) is 70.8 Å². The minimum atomic E-state index is 0. The predicted molar refractivity (Wildman–Crippen MR) is 117 cm³/mol. The van der Waals surface area contributed by atoms with Crippen molar-refractivity contribution in [1.29, 1.82) is 0 Å². The number of hydrogen-bond acceptors (Lipinski definition) is 2. The highest BCUT2D eigenvalue weighted by Crippen LogP contribution is 2.10. The summed E-state index contributed by atoms with van der Waals surface area (Å²) in [5.74, 6) is 0.815. The smallest absolute Gasteiger partial charge is 0.191 e. The zero-order chi connectivity index (χ0) is 17.4. The maximum Gasteiger partial charge on any atom is 0.191 e. The van der Waals surface area contributed by atoms with Gasteiger partial charge in [0.15, 0.2) is 5.96 Å². The first kappa shape index (κ1) is 21.4. The van der Waals surface area contributed by atoms with Crippen LogP contribution in [0.2, 0.25) is 0 Å². The van der Waals surface area contributed by atoms with E-state index >= 15 is 0 Å². The topological polar surface area (TPSA) is 39.7 Å². The molecule has 136 valence electrons. The van der Waals surface area contributed by atoms with Crippen LogP contribution >= 0.6 is 24.0 Å². The normalized spacial score (nSPS) is 11.2. The van der Waals surface area contributed by atoms with E-state index in [2.05, 4.69) is 90.1 Å². The number of aliphatic imine (C=N–C) groups is 1. The maximum absolute atomic E-state index is 4.31. The van der Waals surface area contributed by atoms with Crippen molar-refractivity contribution in [1.82, 2.24) is 15.5 Å². The lowest BCUT2D eigenvalue weighted by Crippen LogP contribution is -2.36. The molecular weight excluding hydrogens is 423 g/mol. The van der Waals surface area contributed by atoms with Gasteiger partial charge in [0.05, 0.1) is 0 Å². The van der Waals surface area contributed by atoms with Crippen LogP contribution in [-0.2, 0) is 19.6 Å². The molecule has 0 heterocycles. The van der Waals surface area contributed by atoms with Gasteiger partial charge in [-0.1, -0.05) is 54.1 Å². The van der Waals surface area contributed by atoms with Gasteiger partial charge in [-0.3, -0.25) is 4.99 Å². The lowest BCUT2D eigenvalue weighted by atomic mass is 10.1. The summed E-state index contributed by atoms with van der Waals surface area (Å²) in [4.78, 5) is 6.49. The highest BCUT2D eigenvalue weighted by Gasteiger charge is 2.04. The molecule has 0 atom stereocenters. The van der Waals surface area contributed by atoms with E-state index in [1.165, 1.54) is 22.3 Å². The molecule has 0 aliphatic carbocycles. The molecule has 5 heteroatoms. The van der Waals surface area contributed by atoms with Gasteiger partial charge in [-0.15, -0.1) is 24.0 Å². The Morgan fingerprint density at radius 2 is 1.52 bits per heavy atom. The van der Waals surface area contributed by atoms with Crippen LogP contribution in [0.4, 0.5) is 0 Å². The van der Waals surface area contributed by atoms with Crippen molar-refractivity contribution in [3.63, 3.8) is 0 Å². The highest BCUT2D eigenvalue weighted by molar-refractivity contribution is 14.0. The summed E-state index contributed by atoms with van der Waals surface area (Å²) < 4.78 is 0. The first-order valence-corrected chi connectivity index (χ1v) is 8.30. The number of nitrogens with zero attached hydrogens (tertiary/aromatic N) is 2. The third-order valence-electron chi connectivity index (χ3n) is 3.86. The Morgan fingerprint density at radius 3 is 2.12 bits per heavy atom. The largest absolute Gasteiger partial charge is 0.352 e. The van der Waals surface area contributed by atoms with E-state index in [0.717, 1.165) is 25.6 Å². The van der Waals surface area contributed by atoms with Gasteiger partial charge in [-0.2, -0.15) is 0 Å². The van der Waals surface area contributed by atoms with E-state index in [9.17, 15) is 0 Å². The minimum Gasteiger partial charge on any atom is -0.352 e. The summed E-state index contributed by atoms with van der Waals surface area (Å²) in [7, 11) is 5.98. The minimum absolute atomic E-state index is 0. The van der Waals surface area contributed by atoms with E-state index in [-0.39, 0.29) is 24.0 Å². The van der Waals surface area contributed by atoms with Crippen LogP contribution in [0.5, 0.6) is 0 Å². The van der Waals surface area contributed by atoms with Crippen LogP contribution in [-0.4, -0.2) is 32.0 Å². The van der Waals surface area contributed by atoms with E-state index < -0.39 is 0 Å². The fraction of sp³-hybridized carbons (Fsp3) is 0.350. The first-order valence-electron chi connectivity index (χ1n) is 8.30. The van der Waals surface area contributed by atoms with Crippen molar-refractivity contribution in [2.24, 2.45) is 4.99 Å². The van der Waals surface area contributed by atoms with Gasteiger partial charge in [-0.05, 0) is 37.7 Å². The Hall–Kier alpha value is -1.60. The average molecular weight is 452 g/mol. The molecule has 0 saturated carbocycles. The van der Waals surface area contributed by atoms with Crippen molar-refractivity contribution in [2.45, 2.75) is 26.6 Å². The molecule has 0 aliphatic heterocycles. The molecular formula is C20H29IN4. The van der Waals surface area contributed by atoms with Crippen LogP contribution in [0.3, 0.4) is 0 Å². The van der Waals surface area contributed by atoms with Crippen molar-refractivity contribution >= 4 is 29.9 Å². The van der Waals surface area contributed by atoms with Crippen LogP contribution in [0.1, 0.15) is 22.3 Å². The fourth-order valence-corrected chi connectivity index (χ4v) is 2.52. The van der Waals surface area contributed by atoms with E-state index in [1.54, 1.807) is 7.05 Å². The third kappa shape index (κ3) is 7.44. The van der Waals surface area contributed by atoms with Gasteiger partial charge >= 0.3 is 0 Å². The van der Waals surface area contributed by atoms with E-state index in [0.29, 0.717) is 0 Å². The Balaban J connectivity index is 0.00000312. The van der Waals surface area contributed by atoms with Gasteiger partial charge in [0.1, 0.15) is 0 Å². The number of halogens is 1. The quantitative estimate of drug-likeness (QED) is 0.400. The second kappa shape index (κ2) is 11.1. The van der Waals surface area contributed by atoms with Gasteiger partial charge in [0.25, 0.3) is 0 Å². The van der Waals surface area contributed by atoms with Crippen molar-refractivity contribution in [3.8, 4) is 0 Å². The summed E-state index contributed by atoms with van der Waals surface area (Å²) in [6.07, 6.45) is 0. The fourth-order valence-electron chi connectivity index (χ4n) is 2.52. The molecule has 2 N–H and O–H groups in total. The molecule has 2 aromatic carbocycles. The number of nitrogens with one attached hydrogen (secondary N) is 2. The van der Waals surface area contributed by atoms with Crippen molar-refractivity contribution < 1.29 is 0 Å². The van der Waals surface area contributed by atoms with Gasteiger partial charge in [-0.25, -0.2) is 0 Å². The molecule has 0 amide bonds. The summed E-state index contributed by atoms with van der Waals surface area (Å²) in [5.41, 5.74) is 5.16. The Morgan fingerprint density at radius 1 is 0.920 bits per heavy atom. The molecule has 0 spiro atoms. The van der Waals surface area contributed by atoms with Crippen LogP contribution in [0.15, 0.2) is 53.5 Å². The zero-order valence-corrected chi connectivity index (χ0v) is 17.9. The summed E-state index contributed by atoms with van der Waals surface area (Å²) in [6, 6.07) is 17.1. The average Bonchev–Trinajstić information content (AvgIpc) is 2.57. The van der Waals surface area contributed by atoms with Gasteiger partial charge in [0.2, 0.25) is 0 Å². The summed E-state index contributed by atoms with van der Waals surface area (Å²) in [5, 5.41) is 6.77. The molecule has 2 aromatic rings. The monoisotopic (exact) mass is 452 g/mol. The summed E-state index contributed by atoms with van der Waals surface area (Å²) in [6.45, 7) is 4.56. The highest BCUT2D eigenvalue weighted by atomic mass is 127. The lowest BCUT2D eigenvalue weighted by molar-refractivity contribution is 0.400. The standard InChI is InChI=1S/C20H28N4.HI/c1-16-9-11-17(12-10-16)13-22-20(21-2)23-14-18-7-5-6-8-19(18)15-24(3)4;/h5-12H,13-15H2,1-4H3,(H2,21,22,23);1H. The molecule has 0 fully saturated rings. The molecule has 0 radical (unpaired) electrons. The number of rotatable bonds is 6. The number of aryl methyl sites for hydroxylation is 1. The third-order valence-corrected chi connectivity index (χ3v) is 3.86. The predicted octanol–water partition coefficient (Wildman–Crippen LogP) is 3.54. The lowest BCUT2D eigenvalue weighted by Gasteiger charge is -2.16. The van der Waals surface area contributed by atoms with Crippen molar-refractivity contribution in [2.75, 3.05) is 21.1 Å². The number of hydrogen-bond donors (Lipinski definition) is 2. The molecule has 25 heavy (non-hydrogen) atoms. The van der Waals surface area contributed by atoms with Gasteiger partial charge in [0, 0.05) is 26.7 Å². The molecule has 0 bridgehead atoms. The molecule has 4 nitrogen and oxygen atoms in total. The maximum atomic E-state index is 4.31. The van der Waals surface area contributed by atoms with Gasteiger partial charge < -0.3 is 15.5 Å². The molecule has 2 rings (SSSR count). The molecule has 0 aromatic heterocycles. The summed E-state index contributed by atoms with van der Waals surface area (Å²) >= 11 is 0. The second-order valence-electron chi connectivity index (χ2n) is 6.27.